The Morgan fingerprint density at radius 2 is 2.47 bits per heavy atom. The van der Waals surface area contributed by atoms with Gasteiger partial charge in [0.25, 0.3) is 0 Å². The minimum atomic E-state index is 0.766. The van der Waals surface area contributed by atoms with E-state index in [-0.39, 0.29) is 0 Å². The van der Waals surface area contributed by atoms with E-state index in [4.69, 9.17) is 0 Å². The first-order valence-electron chi connectivity index (χ1n) is 5.58. The number of thiazole rings is 1. The molecule has 2 rings (SSSR count). The van der Waals surface area contributed by atoms with Crippen LogP contribution in [0.2, 0.25) is 0 Å². The van der Waals surface area contributed by atoms with Crippen molar-refractivity contribution in [3.63, 3.8) is 0 Å². The standard InChI is InChI=1S/C11H17BrN2S/c12-5-4-10-3-1-2-7-14(10)9-11-13-6-8-15-11/h6,8,10H,1-5,7,9H2. The molecular weight excluding hydrogens is 272 g/mol. The van der Waals surface area contributed by atoms with Crippen molar-refractivity contribution in [2.45, 2.75) is 38.3 Å². The van der Waals surface area contributed by atoms with Gasteiger partial charge in [-0.15, -0.1) is 11.3 Å². The Kier molecular flexibility index (Phi) is 4.60. The van der Waals surface area contributed by atoms with E-state index in [0.29, 0.717) is 0 Å². The maximum absolute atomic E-state index is 4.37. The molecule has 2 heterocycles. The van der Waals surface area contributed by atoms with Gasteiger partial charge < -0.3 is 0 Å². The molecule has 1 aliphatic rings. The Hall–Kier alpha value is 0.0700. The zero-order valence-corrected chi connectivity index (χ0v) is 11.3. The Bertz CT molecular complexity index is 274. The zero-order valence-electron chi connectivity index (χ0n) is 8.86. The van der Waals surface area contributed by atoms with Gasteiger partial charge in [-0.05, 0) is 25.8 Å². The Balaban J connectivity index is 1.92. The van der Waals surface area contributed by atoms with Crippen LogP contribution in [0.3, 0.4) is 0 Å². The summed E-state index contributed by atoms with van der Waals surface area (Å²) in [6.07, 6.45) is 7.28. The smallest absolute Gasteiger partial charge is 0.107 e. The van der Waals surface area contributed by atoms with Crippen molar-refractivity contribution >= 4 is 27.3 Å². The number of nitrogens with zero attached hydrogens (tertiary/aromatic N) is 2. The Morgan fingerprint density at radius 3 is 3.20 bits per heavy atom. The van der Waals surface area contributed by atoms with Gasteiger partial charge in [0.15, 0.2) is 0 Å². The topological polar surface area (TPSA) is 16.1 Å². The molecule has 1 fully saturated rings. The summed E-state index contributed by atoms with van der Waals surface area (Å²) >= 11 is 5.32. The van der Waals surface area contributed by atoms with E-state index in [0.717, 1.165) is 17.9 Å². The van der Waals surface area contributed by atoms with E-state index in [1.54, 1.807) is 11.3 Å². The average molecular weight is 289 g/mol. The van der Waals surface area contributed by atoms with Crippen LogP contribution in [0.25, 0.3) is 0 Å². The number of halogens is 1. The highest BCUT2D eigenvalue weighted by Crippen LogP contribution is 2.22. The molecular formula is C11H17BrN2S. The minimum absolute atomic E-state index is 0.766. The van der Waals surface area contributed by atoms with Gasteiger partial charge in [-0.25, -0.2) is 4.98 Å². The van der Waals surface area contributed by atoms with Gasteiger partial charge in [0, 0.05) is 22.9 Å². The van der Waals surface area contributed by atoms with Crippen molar-refractivity contribution in [2.75, 3.05) is 11.9 Å². The van der Waals surface area contributed by atoms with Crippen LogP contribution in [0.15, 0.2) is 11.6 Å². The molecule has 0 aliphatic carbocycles. The number of rotatable bonds is 4. The molecule has 4 heteroatoms. The van der Waals surface area contributed by atoms with Crippen molar-refractivity contribution in [1.82, 2.24) is 9.88 Å². The molecule has 0 saturated carbocycles. The third-order valence-electron chi connectivity index (χ3n) is 3.01. The minimum Gasteiger partial charge on any atom is -0.294 e. The van der Waals surface area contributed by atoms with Crippen LogP contribution in [0.4, 0.5) is 0 Å². The van der Waals surface area contributed by atoms with Crippen LogP contribution < -0.4 is 0 Å². The van der Waals surface area contributed by atoms with E-state index in [1.807, 2.05) is 6.20 Å². The molecule has 0 bridgehead atoms. The van der Waals surface area contributed by atoms with Crippen molar-refractivity contribution < 1.29 is 0 Å². The van der Waals surface area contributed by atoms with Crippen LogP contribution in [-0.2, 0) is 6.54 Å². The Labute approximate surface area is 104 Å². The predicted octanol–water partition coefficient (Wildman–Crippen LogP) is 3.28. The first-order valence-corrected chi connectivity index (χ1v) is 7.58. The lowest BCUT2D eigenvalue weighted by Crippen LogP contribution is -2.39. The van der Waals surface area contributed by atoms with Gasteiger partial charge >= 0.3 is 0 Å². The molecule has 0 amide bonds. The third-order valence-corrected chi connectivity index (χ3v) is 4.24. The van der Waals surface area contributed by atoms with E-state index in [1.165, 1.54) is 37.2 Å². The number of hydrogen-bond donors (Lipinski definition) is 0. The second-order valence-electron chi connectivity index (χ2n) is 4.02. The maximum atomic E-state index is 4.37. The molecule has 1 saturated heterocycles. The summed E-state index contributed by atoms with van der Waals surface area (Å²) < 4.78 is 0. The van der Waals surface area contributed by atoms with Gasteiger partial charge in [0.05, 0.1) is 6.54 Å². The first kappa shape index (κ1) is 11.6. The highest BCUT2D eigenvalue weighted by atomic mass is 79.9. The van der Waals surface area contributed by atoms with Crippen LogP contribution in [0.1, 0.15) is 30.7 Å². The van der Waals surface area contributed by atoms with Crippen molar-refractivity contribution in [3.05, 3.63) is 16.6 Å². The summed E-state index contributed by atoms with van der Waals surface area (Å²) in [4.78, 5) is 6.97. The summed E-state index contributed by atoms with van der Waals surface area (Å²) in [5.41, 5.74) is 0. The van der Waals surface area contributed by atoms with E-state index >= 15 is 0 Å². The van der Waals surface area contributed by atoms with Crippen LogP contribution in [0, 0.1) is 0 Å². The lowest BCUT2D eigenvalue weighted by atomic mass is 10.0. The summed E-state index contributed by atoms with van der Waals surface area (Å²) in [5.74, 6) is 0. The first-order chi connectivity index (χ1) is 7.40. The van der Waals surface area contributed by atoms with E-state index < -0.39 is 0 Å². The molecule has 1 unspecified atom stereocenters. The zero-order chi connectivity index (χ0) is 10.5. The fraction of sp³-hybridized carbons (Fsp3) is 0.727. The van der Waals surface area contributed by atoms with Gasteiger partial charge in [0.1, 0.15) is 5.01 Å². The fourth-order valence-electron chi connectivity index (χ4n) is 2.23. The third kappa shape index (κ3) is 3.26. The highest BCUT2D eigenvalue weighted by molar-refractivity contribution is 9.09. The Morgan fingerprint density at radius 1 is 1.53 bits per heavy atom. The molecule has 0 radical (unpaired) electrons. The summed E-state index contributed by atoms with van der Waals surface area (Å²) in [5, 5.41) is 4.45. The van der Waals surface area contributed by atoms with Crippen molar-refractivity contribution in [2.24, 2.45) is 0 Å². The normalized spacial score (nSPS) is 23.1. The quantitative estimate of drug-likeness (QED) is 0.791. The number of hydrogen-bond acceptors (Lipinski definition) is 3. The molecule has 0 aromatic carbocycles. The van der Waals surface area contributed by atoms with Crippen LogP contribution in [0.5, 0.6) is 0 Å². The van der Waals surface area contributed by atoms with Gasteiger partial charge in [0.2, 0.25) is 0 Å². The molecule has 2 nitrogen and oxygen atoms in total. The molecule has 84 valence electrons. The lowest BCUT2D eigenvalue weighted by molar-refractivity contribution is 0.137. The van der Waals surface area contributed by atoms with Crippen LogP contribution in [-0.4, -0.2) is 27.8 Å². The van der Waals surface area contributed by atoms with E-state index in [2.05, 4.69) is 31.2 Å². The molecule has 1 aromatic rings. The monoisotopic (exact) mass is 288 g/mol. The summed E-state index contributed by atoms with van der Waals surface area (Å²) in [6, 6.07) is 0.766. The summed E-state index contributed by atoms with van der Waals surface area (Å²) in [6.45, 7) is 2.30. The SMILES string of the molecule is BrCCC1CCCCN1Cc1nccs1. The average Bonchev–Trinajstić information content (AvgIpc) is 2.74. The van der Waals surface area contributed by atoms with Crippen LogP contribution >= 0.6 is 27.3 Å². The molecule has 1 aromatic heterocycles. The van der Waals surface area contributed by atoms with Gasteiger partial charge in [-0.3, -0.25) is 4.90 Å². The van der Waals surface area contributed by atoms with Gasteiger partial charge in [-0.2, -0.15) is 0 Å². The molecule has 0 N–H and O–H groups in total. The van der Waals surface area contributed by atoms with Gasteiger partial charge in [-0.1, -0.05) is 22.4 Å². The molecule has 1 aliphatic heterocycles. The second kappa shape index (κ2) is 5.97. The second-order valence-corrected chi connectivity index (χ2v) is 5.80. The maximum Gasteiger partial charge on any atom is 0.107 e. The number of aromatic nitrogens is 1. The van der Waals surface area contributed by atoms with Crippen molar-refractivity contribution in [3.8, 4) is 0 Å². The number of likely N-dealkylation sites (tertiary alicyclic amines) is 1. The largest absolute Gasteiger partial charge is 0.294 e. The summed E-state index contributed by atoms with van der Waals surface area (Å²) in [7, 11) is 0. The fourth-order valence-corrected chi connectivity index (χ4v) is 3.40. The van der Waals surface area contributed by atoms with E-state index in [9.17, 15) is 0 Å². The lowest BCUT2D eigenvalue weighted by Gasteiger charge is -2.34. The molecule has 0 spiro atoms. The molecule has 15 heavy (non-hydrogen) atoms. The number of alkyl halides is 1. The number of piperidine rings is 1. The predicted molar refractivity (Wildman–Crippen MR) is 68.6 cm³/mol. The molecule has 1 atom stereocenters. The van der Waals surface area contributed by atoms with Crippen molar-refractivity contribution in [1.29, 1.82) is 0 Å². The highest BCUT2D eigenvalue weighted by Gasteiger charge is 2.22.